The predicted molar refractivity (Wildman–Crippen MR) is 391 cm³/mol. The van der Waals surface area contributed by atoms with Crippen LogP contribution in [0.5, 0.6) is 0 Å². The molecule has 2 saturated heterocycles. The van der Waals surface area contributed by atoms with E-state index < -0.39 is 86.8 Å². The van der Waals surface area contributed by atoms with Crippen LogP contribution in [0, 0.1) is 0 Å². The third-order valence-electron chi connectivity index (χ3n) is 17.2. The molecule has 12 unspecified atom stereocenters. The zero-order valence-corrected chi connectivity index (χ0v) is 59.1. The van der Waals surface area contributed by atoms with Crippen molar-refractivity contribution in [2.24, 2.45) is 0 Å². The molecule has 1 amide bonds. The molecule has 0 aliphatic carbocycles. The third kappa shape index (κ3) is 46.7. The number of hydrogen-bond donors (Lipinski definition) is 9. The van der Waals surface area contributed by atoms with E-state index >= 15 is 0 Å². The molecule has 0 spiro atoms. The molecule has 0 bridgehead atoms. The van der Waals surface area contributed by atoms with Crippen molar-refractivity contribution in [2.45, 2.75) is 338 Å². The normalized spacial score (nSPS) is 23.2. The van der Waals surface area contributed by atoms with Crippen LogP contribution in [0.4, 0.5) is 0 Å². The van der Waals surface area contributed by atoms with Gasteiger partial charge in [-0.3, -0.25) is 4.79 Å². The smallest absolute Gasteiger partial charge is 0.220 e. The van der Waals surface area contributed by atoms with Gasteiger partial charge in [0.25, 0.3) is 0 Å². The van der Waals surface area contributed by atoms with Gasteiger partial charge >= 0.3 is 0 Å². The number of hydrogen-bond acceptors (Lipinski definition) is 13. The van der Waals surface area contributed by atoms with E-state index in [1.807, 2.05) is 6.08 Å². The Morgan fingerprint density at radius 1 is 0.389 bits per heavy atom. The van der Waals surface area contributed by atoms with E-state index in [-0.39, 0.29) is 18.9 Å². The van der Waals surface area contributed by atoms with Crippen LogP contribution < -0.4 is 5.32 Å². The van der Waals surface area contributed by atoms with Gasteiger partial charge in [-0.05, 0) is 116 Å². The van der Waals surface area contributed by atoms with E-state index in [2.05, 4.69) is 153 Å². The van der Waals surface area contributed by atoms with Crippen LogP contribution >= 0.6 is 0 Å². The van der Waals surface area contributed by atoms with Gasteiger partial charge in [-0.25, -0.2) is 0 Å². The van der Waals surface area contributed by atoms with Crippen molar-refractivity contribution in [1.29, 1.82) is 0 Å². The van der Waals surface area contributed by atoms with Gasteiger partial charge in [-0.15, -0.1) is 0 Å². The molecule has 0 radical (unpaired) electrons. The lowest BCUT2D eigenvalue weighted by molar-refractivity contribution is -0.359. The molecule has 14 nitrogen and oxygen atoms in total. The van der Waals surface area contributed by atoms with Gasteiger partial charge in [0.2, 0.25) is 5.91 Å². The summed E-state index contributed by atoms with van der Waals surface area (Å²) in [5.74, 6) is -0.261. The molecule has 14 heteroatoms. The van der Waals surface area contributed by atoms with Crippen molar-refractivity contribution < 1.29 is 64.6 Å². The van der Waals surface area contributed by atoms with Crippen LogP contribution in [-0.2, 0) is 23.7 Å². The highest BCUT2D eigenvalue weighted by Crippen LogP contribution is 2.30. The molecule has 0 aromatic carbocycles. The molecule has 95 heavy (non-hydrogen) atoms. The second kappa shape index (κ2) is 63.3. The second-order valence-electron chi connectivity index (χ2n) is 25.7. The summed E-state index contributed by atoms with van der Waals surface area (Å²) in [7, 11) is 0. The first-order valence-corrected chi connectivity index (χ1v) is 37.6. The van der Waals surface area contributed by atoms with Crippen molar-refractivity contribution in [1.82, 2.24) is 5.32 Å². The van der Waals surface area contributed by atoms with Crippen molar-refractivity contribution in [3.05, 3.63) is 146 Å². The number of carbonyl (C=O) groups excluding carboxylic acids is 1. The number of ether oxygens (including phenoxy) is 4. The first-order valence-electron chi connectivity index (χ1n) is 37.6. The Bertz CT molecular complexity index is 2160. The molecule has 9 N–H and O–H groups in total. The average Bonchev–Trinajstić information content (AvgIpc) is 0.801. The number of carbonyl (C=O) groups is 1. The topological polar surface area (TPSA) is 228 Å². The molecule has 2 heterocycles. The molecule has 2 aliphatic rings. The van der Waals surface area contributed by atoms with Crippen LogP contribution in [0.15, 0.2) is 146 Å². The van der Waals surface area contributed by atoms with Gasteiger partial charge in [-0.2, -0.15) is 0 Å². The Balaban J connectivity index is 1.65. The molecule has 2 aliphatic heterocycles. The number of allylic oxidation sites excluding steroid dienone is 23. The van der Waals surface area contributed by atoms with Crippen LogP contribution in [-0.4, -0.2) is 140 Å². The number of rotatable bonds is 60. The Morgan fingerprint density at radius 2 is 0.737 bits per heavy atom. The van der Waals surface area contributed by atoms with E-state index in [1.54, 1.807) is 6.08 Å². The summed E-state index contributed by atoms with van der Waals surface area (Å²) in [5.41, 5.74) is 0. The summed E-state index contributed by atoms with van der Waals surface area (Å²) in [5, 5.41) is 87.5. The fraction of sp³-hybridized carbons (Fsp3) is 0.691. The van der Waals surface area contributed by atoms with Crippen molar-refractivity contribution in [3.8, 4) is 0 Å². The maximum Gasteiger partial charge on any atom is 0.220 e. The van der Waals surface area contributed by atoms with Gasteiger partial charge in [0.15, 0.2) is 12.6 Å². The van der Waals surface area contributed by atoms with E-state index in [1.165, 1.54) is 122 Å². The van der Waals surface area contributed by atoms with Crippen molar-refractivity contribution in [2.75, 3.05) is 19.8 Å². The highest BCUT2D eigenvalue weighted by molar-refractivity contribution is 5.76. The molecule has 0 aromatic heterocycles. The first-order chi connectivity index (χ1) is 46.6. The average molecular weight is 1330 g/mol. The van der Waals surface area contributed by atoms with Gasteiger partial charge < -0.3 is 65.1 Å². The predicted octanol–water partition coefficient (Wildman–Crippen LogP) is 16.4. The summed E-state index contributed by atoms with van der Waals surface area (Å²) in [6.45, 7) is 2.66. The van der Waals surface area contributed by atoms with E-state index in [0.29, 0.717) is 12.8 Å². The monoisotopic (exact) mass is 1330 g/mol. The summed E-state index contributed by atoms with van der Waals surface area (Å²) in [4.78, 5) is 13.4. The lowest BCUT2D eigenvalue weighted by Gasteiger charge is -2.46. The lowest BCUT2D eigenvalue weighted by atomic mass is 9.97. The van der Waals surface area contributed by atoms with Crippen LogP contribution in [0.2, 0.25) is 0 Å². The quantitative estimate of drug-likeness (QED) is 0.0204. The molecule has 542 valence electrons. The van der Waals surface area contributed by atoms with Crippen molar-refractivity contribution in [3.63, 3.8) is 0 Å². The number of unbranched alkanes of at least 4 members (excludes halogenated alkanes) is 25. The van der Waals surface area contributed by atoms with Crippen LogP contribution in [0.1, 0.15) is 264 Å². The standard InChI is InChI=1S/C81H135NO13/c1-3-5-7-9-11-13-15-17-19-21-23-25-27-28-29-30-31-32-33-34-35-36-37-38-39-40-41-42-43-45-47-49-51-53-55-57-59-61-63-65-73(86)82-69(68-92-80-78(91)76(89)79(72(67-84)94-80)95-81-77(90)75(88)74(87)71(66-83)93-81)70(85)64-62-60-58-56-54-52-50-48-46-44-26-24-22-20-18-16-14-12-10-8-6-4-2/h5,7,11,13,17,19,23,25,28-29,31-32,34-35,37-38,40-41,46,48,54,56,62,64,69-72,74-81,83-85,87-91H,3-4,6,8-10,12,14-16,18,20-22,24,26-27,30,33,36,39,42-45,47,49-53,55,57-61,63,65-68H2,1-2H3,(H,82,86)/b7-5-,13-11-,19-17-,25-23-,29-28-,32-31-,35-34-,38-37-,41-40-,48-46+,56-54+,64-62+. The minimum Gasteiger partial charge on any atom is -0.394 e. The Labute approximate surface area is 576 Å². The van der Waals surface area contributed by atoms with Gasteiger partial charge in [0.05, 0.1) is 32.0 Å². The molecular formula is C81H135NO13. The molecule has 0 aromatic rings. The summed E-state index contributed by atoms with van der Waals surface area (Å²) < 4.78 is 22.8. The van der Waals surface area contributed by atoms with Gasteiger partial charge in [0.1, 0.15) is 48.8 Å². The number of aliphatic hydroxyl groups is 8. The SMILES string of the molecule is CC/C=C\C/C=C\C/C=C\C/C=C\C/C=C\C/C=C\C/C=C\C/C=C\C/C=C\CCCCCCCCCCCCCC(=O)NC(COC1OC(CO)C(OC2OC(CO)C(O)C(O)C2O)C(O)C1O)C(O)/C=C/CC/C=C/CC/C=C/CCCCCCCCCCCCCC. The van der Waals surface area contributed by atoms with Crippen LogP contribution in [0.25, 0.3) is 0 Å². The van der Waals surface area contributed by atoms with Crippen molar-refractivity contribution >= 4 is 5.91 Å². The van der Waals surface area contributed by atoms with E-state index in [9.17, 15) is 45.6 Å². The Hall–Kier alpha value is -4.13. The summed E-state index contributed by atoms with van der Waals surface area (Å²) in [6.07, 6.45) is 79.0. The van der Waals surface area contributed by atoms with E-state index in [4.69, 9.17) is 18.9 Å². The fourth-order valence-corrected chi connectivity index (χ4v) is 11.3. The minimum absolute atomic E-state index is 0.257. The second-order valence-corrected chi connectivity index (χ2v) is 25.7. The van der Waals surface area contributed by atoms with Gasteiger partial charge in [0, 0.05) is 6.42 Å². The maximum atomic E-state index is 13.4. The molecule has 0 saturated carbocycles. The molecular weight excluding hydrogens is 1190 g/mol. The lowest BCUT2D eigenvalue weighted by Crippen LogP contribution is -2.65. The summed E-state index contributed by atoms with van der Waals surface area (Å²) in [6, 6.07) is -0.951. The molecule has 12 atom stereocenters. The summed E-state index contributed by atoms with van der Waals surface area (Å²) >= 11 is 0. The minimum atomic E-state index is -1.80. The maximum absolute atomic E-state index is 13.4. The number of nitrogens with one attached hydrogen (secondary N) is 1. The van der Waals surface area contributed by atoms with Gasteiger partial charge in [-0.1, -0.05) is 288 Å². The molecule has 2 fully saturated rings. The number of amides is 1. The third-order valence-corrected chi connectivity index (χ3v) is 17.2. The highest BCUT2D eigenvalue weighted by Gasteiger charge is 2.51. The van der Waals surface area contributed by atoms with E-state index in [0.717, 1.165) is 109 Å². The fourth-order valence-electron chi connectivity index (χ4n) is 11.3. The largest absolute Gasteiger partial charge is 0.394 e. The zero-order chi connectivity index (χ0) is 68.7. The van der Waals surface area contributed by atoms with Crippen LogP contribution in [0.3, 0.4) is 0 Å². The Kier molecular flexibility index (Phi) is 58.0. The first kappa shape index (κ1) is 87.0. The number of aliphatic hydroxyl groups excluding tert-OH is 8. The molecule has 2 rings (SSSR count). The zero-order valence-electron chi connectivity index (χ0n) is 59.1. The highest BCUT2D eigenvalue weighted by atomic mass is 16.7. The Morgan fingerprint density at radius 3 is 1.16 bits per heavy atom.